The van der Waals surface area contributed by atoms with Crippen LogP contribution in [0.25, 0.3) is 0 Å². The molecular formula is C14H27N. The molecule has 15 heavy (non-hydrogen) atoms. The molecule has 0 N–H and O–H groups in total. The molecule has 0 radical (unpaired) electrons. The minimum Gasteiger partial charge on any atom is -0.372 e. The average molecular weight is 209 g/mol. The molecule has 0 aromatic carbocycles. The van der Waals surface area contributed by atoms with E-state index >= 15 is 0 Å². The molecule has 1 rings (SSSR count). The van der Waals surface area contributed by atoms with Gasteiger partial charge in [-0.25, -0.2) is 0 Å². The Morgan fingerprint density at radius 1 is 1.27 bits per heavy atom. The van der Waals surface area contributed by atoms with Gasteiger partial charge in [-0.1, -0.05) is 26.8 Å². The van der Waals surface area contributed by atoms with E-state index in [1.807, 2.05) is 13.8 Å². The summed E-state index contributed by atoms with van der Waals surface area (Å²) in [6, 6.07) is 0. The molecule has 0 aromatic rings. The molecular weight excluding hydrogens is 182 g/mol. The van der Waals surface area contributed by atoms with Gasteiger partial charge in [0.25, 0.3) is 0 Å². The first kappa shape index (κ1) is 14.3. The lowest BCUT2D eigenvalue weighted by Gasteiger charge is -2.29. The molecule has 0 fully saturated rings. The fraction of sp³-hybridized carbons (Fsp3) is 0.714. The van der Waals surface area contributed by atoms with Crippen LogP contribution in [-0.2, 0) is 0 Å². The first-order valence-corrected chi connectivity index (χ1v) is 6.32. The molecule has 0 aromatic heterocycles. The number of hydrogen-bond acceptors (Lipinski definition) is 1. The van der Waals surface area contributed by atoms with E-state index in [1.54, 1.807) is 5.57 Å². The summed E-state index contributed by atoms with van der Waals surface area (Å²) in [5.41, 5.74) is 3.00. The Balaban J connectivity index is 0.000000921. The van der Waals surface area contributed by atoms with Crippen molar-refractivity contribution in [1.82, 2.24) is 4.90 Å². The molecule has 1 heteroatoms. The van der Waals surface area contributed by atoms with Crippen molar-refractivity contribution in [3.63, 3.8) is 0 Å². The van der Waals surface area contributed by atoms with Gasteiger partial charge >= 0.3 is 0 Å². The molecule has 0 saturated carbocycles. The van der Waals surface area contributed by atoms with Gasteiger partial charge in [0.15, 0.2) is 0 Å². The molecule has 0 amide bonds. The van der Waals surface area contributed by atoms with Crippen LogP contribution in [0.2, 0.25) is 0 Å². The second-order valence-corrected chi connectivity index (χ2v) is 3.78. The second kappa shape index (κ2) is 7.56. The van der Waals surface area contributed by atoms with Gasteiger partial charge in [-0.3, -0.25) is 0 Å². The third-order valence-electron chi connectivity index (χ3n) is 3.01. The topological polar surface area (TPSA) is 3.24 Å². The maximum atomic E-state index is 2.43. The molecule has 1 atom stereocenters. The summed E-state index contributed by atoms with van der Waals surface area (Å²) in [4.78, 5) is 2.43. The SMILES string of the molecule is CC.CCN(CC)C1=C(C)C(C)CC=C1. The van der Waals surface area contributed by atoms with Crippen molar-refractivity contribution in [2.75, 3.05) is 13.1 Å². The van der Waals surface area contributed by atoms with Crippen LogP contribution in [0.15, 0.2) is 23.4 Å². The lowest BCUT2D eigenvalue weighted by Crippen LogP contribution is -2.24. The summed E-state index contributed by atoms with van der Waals surface area (Å²) < 4.78 is 0. The highest BCUT2D eigenvalue weighted by molar-refractivity contribution is 5.29. The third kappa shape index (κ3) is 3.73. The van der Waals surface area contributed by atoms with E-state index in [0.29, 0.717) is 0 Å². The fourth-order valence-electron chi connectivity index (χ4n) is 1.86. The quantitative estimate of drug-likeness (QED) is 0.672. The Morgan fingerprint density at radius 3 is 2.27 bits per heavy atom. The summed E-state index contributed by atoms with van der Waals surface area (Å²) in [6.07, 6.45) is 5.78. The van der Waals surface area contributed by atoms with Crippen molar-refractivity contribution in [2.45, 2.75) is 48.0 Å². The van der Waals surface area contributed by atoms with Gasteiger partial charge in [0.1, 0.15) is 0 Å². The Morgan fingerprint density at radius 2 is 1.80 bits per heavy atom. The molecule has 1 nitrogen and oxygen atoms in total. The molecule has 1 aliphatic rings. The minimum absolute atomic E-state index is 0.723. The number of rotatable bonds is 3. The zero-order valence-corrected chi connectivity index (χ0v) is 11.3. The van der Waals surface area contributed by atoms with Crippen molar-refractivity contribution < 1.29 is 0 Å². The van der Waals surface area contributed by atoms with Gasteiger partial charge in [-0.05, 0) is 44.8 Å². The Labute approximate surface area is 95.9 Å². The monoisotopic (exact) mass is 209 g/mol. The van der Waals surface area contributed by atoms with E-state index in [1.165, 1.54) is 12.1 Å². The summed E-state index contributed by atoms with van der Waals surface area (Å²) in [6.45, 7) is 15.2. The lowest BCUT2D eigenvalue weighted by atomic mass is 9.92. The maximum Gasteiger partial charge on any atom is 0.0354 e. The summed E-state index contributed by atoms with van der Waals surface area (Å²) >= 11 is 0. The maximum absolute atomic E-state index is 2.43. The molecule has 88 valence electrons. The number of likely N-dealkylation sites (N-methyl/N-ethyl adjacent to an activating group) is 1. The fourth-order valence-corrected chi connectivity index (χ4v) is 1.86. The van der Waals surface area contributed by atoms with Crippen LogP contribution in [0.4, 0.5) is 0 Å². The molecule has 0 aliphatic heterocycles. The summed E-state index contributed by atoms with van der Waals surface area (Å²) in [5, 5.41) is 0. The largest absolute Gasteiger partial charge is 0.372 e. The van der Waals surface area contributed by atoms with Gasteiger partial charge in [0, 0.05) is 18.8 Å². The van der Waals surface area contributed by atoms with Gasteiger partial charge in [0.2, 0.25) is 0 Å². The Hall–Kier alpha value is -0.720. The number of hydrogen-bond donors (Lipinski definition) is 0. The van der Waals surface area contributed by atoms with Gasteiger partial charge < -0.3 is 4.90 Å². The van der Waals surface area contributed by atoms with Gasteiger partial charge in [0.05, 0.1) is 0 Å². The van der Waals surface area contributed by atoms with Crippen molar-refractivity contribution in [3.8, 4) is 0 Å². The van der Waals surface area contributed by atoms with E-state index in [9.17, 15) is 0 Å². The zero-order chi connectivity index (χ0) is 11.8. The molecule has 1 aliphatic carbocycles. The van der Waals surface area contributed by atoms with Crippen LogP contribution in [0.5, 0.6) is 0 Å². The van der Waals surface area contributed by atoms with Gasteiger partial charge in [-0.15, -0.1) is 0 Å². The van der Waals surface area contributed by atoms with Crippen LogP contribution < -0.4 is 0 Å². The molecule has 0 saturated heterocycles. The van der Waals surface area contributed by atoms with Crippen LogP contribution >= 0.6 is 0 Å². The first-order chi connectivity index (χ1) is 7.20. The average Bonchev–Trinajstić information content (AvgIpc) is 2.28. The predicted molar refractivity (Wildman–Crippen MR) is 69.9 cm³/mol. The van der Waals surface area contributed by atoms with Crippen LogP contribution in [0, 0.1) is 5.92 Å². The zero-order valence-electron chi connectivity index (χ0n) is 11.3. The van der Waals surface area contributed by atoms with Crippen LogP contribution in [0.3, 0.4) is 0 Å². The predicted octanol–water partition coefficient (Wildman–Crippen LogP) is 4.22. The highest BCUT2D eigenvalue weighted by Gasteiger charge is 2.14. The molecule has 0 bridgehead atoms. The van der Waals surface area contributed by atoms with Crippen molar-refractivity contribution >= 4 is 0 Å². The number of allylic oxidation sites excluding steroid dienone is 3. The molecule has 1 unspecified atom stereocenters. The summed E-state index contributed by atoms with van der Waals surface area (Å²) in [5.74, 6) is 0.723. The Bertz CT molecular complexity index is 221. The van der Waals surface area contributed by atoms with E-state index in [2.05, 4.69) is 44.7 Å². The van der Waals surface area contributed by atoms with Gasteiger partial charge in [-0.2, -0.15) is 0 Å². The first-order valence-electron chi connectivity index (χ1n) is 6.32. The minimum atomic E-state index is 0.723. The standard InChI is InChI=1S/C12H21N.C2H6/c1-5-13(6-2)12-9-7-8-10(3)11(12)4;1-2/h7,9-10H,5-6,8H2,1-4H3;1-2H3. The van der Waals surface area contributed by atoms with Crippen molar-refractivity contribution in [2.24, 2.45) is 5.92 Å². The molecule has 0 heterocycles. The number of nitrogens with zero attached hydrogens (tertiary/aromatic N) is 1. The smallest absolute Gasteiger partial charge is 0.0354 e. The Kier molecular flexibility index (Phi) is 7.19. The van der Waals surface area contributed by atoms with Crippen LogP contribution in [-0.4, -0.2) is 18.0 Å². The van der Waals surface area contributed by atoms with Crippen molar-refractivity contribution in [3.05, 3.63) is 23.4 Å². The van der Waals surface area contributed by atoms with Crippen LogP contribution in [0.1, 0.15) is 48.0 Å². The van der Waals surface area contributed by atoms with E-state index in [-0.39, 0.29) is 0 Å². The van der Waals surface area contributed by atoms with E-state index in [4.69, 9.17) is 0 Å². The van der Waals surface area contributed by atoms with E-state index in [0.717, 1.165) is 19.0 Å². The summed E-state index contributed by atoms with van der Waals surface area (Å²) in [7, 11) is 0. The third-order valence-corrected chi connectivity index (χ3v) is 3.01. The second-order valence-electron chi connectivity index (χ2n) is 3.78. The highest BCUT2D eigenvalue weighted by Crippen LogP contribution is 2.26. The lowest BCUT2D eigenvalue weighted by molar-refractivity contribution is 0.381. The highest BCUT2D eigenvalue weighted by atomic mass is 15.1. The van der Waals surface area contributed by atoms with Crippen molar-refractivity contribution in [1.29, 1.82) is 0 Å². The molecule has 0 spiro atoms. The normalized spacial score (nSPS) is 19.7. The van der Waals surface area contributed by atoms with E-state index < -0.39 is 0 Å².